The molecule has 0 spiro atoms. The Balaban J connectivity index is 2.00. The summed E-state index contributed by atoms with van der Waals surface area (Å²) >= 11 is 0. The fourth-order valence-electron chi connectivity index (χ4n) is 2.71. The monoisotopic (exact) mass is 273 g/mol. The van der Waals surface area contributed by atoms with Gasteiger partial charge in [0.2, 0.25) is 5.82 Å². The highest BCUT2D eigenvalue weighted by atomic mass is 16.6. The average Bonchev–Trinajstić information content (AvgIpc) is 3.01. The minimum atomic E-state index is -0.374. The van der Waals surface area contributed by atoms with E-state index in [4.69, 9.17) is 0 Å². The van der Waals surface area contributed by atoms with Crippen LogP contribution in [0.5, 0.6) is 0 Å². The summed E-state index contributed by atoms with van der Waals surface area (Å²) in [5.41, 5.74) is 1.03. The van der Waals surface area contributed by atoms with Crippen LogP contribution in [0.1, 0.15) is 31.0 Å². The van der Waals surface area contributed by atoms with E-state index in [0.717, 1.165) is 31.5 Å². The quantitative estimate of drug-likeness (QED) is 0.685. The number of rotatable bonds is 3. The third-order valence-electron chi connectivity index (χ3n) is 3.62. The highest BCUT2D eigenvalue weighted by Crippen LogP contribution is 2.36. The van der Waals surface area contributed by atoms with Gasteiger partial charge in [0.05, 0.1) is 16.7 Å². The van der Waals surface area contributed by atoms with Crippen LogP contribution in [-0.4, -0.2) is 26.6 Å². The molecule has 2 aromatic heterocycles. The molecule has 0 bridgehead atoms. The molecule has 1 N–H and O–H groups in total. The second-order valence-corrected chi connectivity index (χ2v) is 4.82. The molecule has 0 aromatic carbocycles. The van der Waals surface area contributed by atoms with E-state index in [9.17, 15) is 10.1 Å². The van der Waals surface area contributed by atoms with Crippen LogP contribution in [0.25, 0.3) is 0 Å². The molecule has 0 radical (unpaired) electrons. The van der Waals surface area contributed by atoms with Crippen molar-refractivity contribution in [1.29, 1.82) is 0 Å². The normalized spacial score (nSPS) is 19.0. The molecule has 1 aliphatic heterocycles. The third kappa shape index (κ3) is 2.22. The highest BCUT2D eigenvalue weighted by Gasteiger charge is 2.30. The van der Waals surface area contributed by atoms with Crippen LogP contribution in [-0.2, 0) is 0 Å². The predicted molar refractivity (Wildman–Crippen MR) is 73.4 cm³/mol. The SMILES string of the molecule is O=[N+]([O-])c1cccnc1N1CCCC[C@H]1c1ccn[nH]1. The van der Waals surface area contributed by atoms with Gasteiger partial charge in [-0.15, -0.1) is 0 Å². The first-order chi connectivity index (χ1) is 9.77. The molecular formula is C13H15N5O2. The maximum Gasteiger partial charge on any atom is 0.311 e. The van der Waals surface area contributed by atoms with Crippen molar-refractivity contribution in [2.45, 2.75) is 25.3 Å². The first kappa shape index (κ1) is 12.6. The first-order valence-electron chi connectivity index (χ1n) is 6.62. The highest BCUT2D eigenvalue weighted by molar-refractivity contribution is 5.58. The molecule has 7 nitrogen and oxygen atoms in total. The van der Waals surface area contributed by atoms with Crippen molar-refractivity contribution in [3.63, 3.8) is 0 Å². The first-order valence-corrected chi connectivity index (χ1v) is 6.62. The standard InChI is InChI=1S/C13H15N5O2/c19-18(20)12-5-3-7-14-13(12)17-9-2-1-4-11(17)10-6-8-15-16-10/h3,5-8,11H,1-2,4,9H2,(H,15,16)/t11-/m0/s1. The average molecular weight is 273 g/mol. The number of aromatic amines is 1. The molecule has 3 rings (SSSR count). The lowest BCUT2D eigenvalue weighted by Crippen LogP contribution is -2.34. The number of H-pyrrole nitrogens is 1. The van der Waals surface area contributed by atoms with Gasteiger partial charge in [0, 0.05) is 25.0 Å². The van der Waals surface area contributed by atoms with E-state index in [-0.39, 0.29) is 16.7 Å². The molecular weight excluding hydrogens is 258 g/mol. The summed E-state index contributed by atoms with van der Waals surface area (Å²) in [5, 5.41) is 18.1. The zero-order valence-corrected chi connectivity index (χ0v) is 10.9. The molecule has 1 atom stereocenters. The molecule has 0 saturated carbocycles. The van der Waals surface area contributed by atoms with E-state index in [1.54, 1.807) is 18.5 Å². The van der Waals surface area contributed by atoms with Gasteiger partial charge in [0.25, 0.3) is 0 Å². The third-order valence-corrected chi connectivity index (χ3v) is 3.62. The van der Waals surface area contributed by atoms with Gasteiger partial charge in [-0.05, 0) is 31.4 Å². The Bertz CT molecular complexity index is 599. The minimum absolute atomic E-state index is 0.0546. The van der Waals surface area contributed by atoms with E-state index < -0.39 is 0 Å². The number of hydrogen-bond acceptors (Lipinski definition) is 5. The molecule has 1 aliphatic rings. The maximum absolute atomic E-state index is 11.2. The number of hydrogen-bond donors (Lipinski definition) is 1. The van der Waals surface area contributed by atoms with Crippen molar-refractivity contribution in [2.75, 3.05) is 11.4 Å². The van der Waals surface area contributed by atoms with E-state index in [1.165, 1.54) is 6.07 Å². The molecule has 2 aromatic rings. The van der Waals surface area contributed by atoms with Crippen LogP contribution in [0.2, 0.25) is 0 Å². The summed E-state index contributed by atoms with van der Waals surface area (Å²) in [6, 6.07) is 5.08. The van der Waals surface area contributed by atoms with Gasteiger partial charge in [-0.1, -0.05) is 0 Å². The molecule has 104 valence electrons. The maximum atomic E-state index is 11.2. The lowest BCUT2D eigenvalue weighted by molar-refractivity contribution is -0.384. The summed E-state index contributed by atoms with van der Waals surface area (Å²) < 4.78 is 0. The Kier molecular flexibility index (Phi) is 3.32. The molecule has 0 amide bonds. The van der Waals surface area contributed by atoms with Crippen molar-refractivity contribution >= 4 is 11.5 Å². The van der Waals surface area contributed by atoms with Crippen LogP contribution >= 0.6 is 0 Å². The number of piperidine rings is 1. The molecule has 3 heterocycles. The van der Waals surface area contributed by atoms with Gasteiger partial charge in [-0.3, -0.25) is 15.2 Å². The van der Waals surface area contributed by atoms with E-state index in [2.05, 4.69) is 15.2 Å². The number of nitrogens with one attached hydrogen (secondary N) is 1. The fourth-order valence-corrected chi connectivity index (χ4v) is 2.71. The van der Waals surface area contributed by atoms with Crippen molar-refractivity contribution in [3.8, 4) is 0 Å². The topological polar surface area (TPSA) is 87.9 Å². The molecule has 1 fully saturated rings. The minimum Gasteiger partial charge on any atom is -0.342 e. The van der Waals surface area contributed by atoms with Crippen LogP contribution < -0.4 is 4.90 Å². The van der Waals surface area contributed by atoms with Gasteiger partial charge in [0.1, 0.15) is 0 Å². The molecule has 7 heteroatoms. The number of nitro groups is 1. The van der Waals surface area contributed by atoms with E-state index in [1.807, 2.05) is 11.0 Å². The Labute approximate surface area is 115 Å². The van der Waals surface area contributed by atoms with Crippen molar-refractivity contribution < 1.29 is 4.92 Å². The van der Waals surface area contributed by atoms with Crippen molar-refractivity contribution in [2.24, 2.45) is 0 Å². The van der Waals surface area contributed by atoms with Crippen LogP contribution in [0.3, 0.4) is 0 Å². The van der Waals surface area contributed by atoms with Gasteiger partial charge >= 0.3 is 5.69 Å². The Morgan fingerprint density at radius 1 is 1.35 bits per heavy atom. The number of nitrogens with zero attached hydrogens (tertiary/aromatic N) is 4. The lowest BCUT2D eigenvalue weighted by atomic mass is 9.99. The zero-order chi connectivity index (χ0) is 13.9. The molecule has 0 unspecified atom stereocenters. The van der Waals surface area contributed by atoms with E-state index >= 15 is 0 Å². The molecule has 20 heavy (non-hydrogen) atoms. The summed E-state index contributed by atoms with van der Waals surface area (Å²) in [5.74, 6) is 0.441. The molecule has 1 saturated heterocycles. The Hall–Kier alpha value is -2.44. The van der Waals surface area contributed by atoms with Crippen LogP contribution in [0, 0.1) is 10.1 Å². The lowest BCUT2D eigenvalue weighted by Gasteiger charge is -2.35. The predicted octanol–water partition coefficient (Wildman–Crippen LogP) is 2.44. The summed E-state index contributed by atoms with van der Waals surface area (Å²) in [6.07, 6.45) is 6.35. The van der Waals surface area contributed by atoms with Gasteiger partial charge in [0.15, 0.2) is 0 Å². The van der Waals surface area contributed by atoms with E-state index in [0.29, 0.717) is 5.82 Å². The number of anilines is 1. The smallest absolute Gasteiger partial charge is 0.311 e. The summed E-state index contributed by atoms with van der Waals surface area (Å²) in [4.78, 5) is 17.0. The summed E-state index contributed by atoms with van der Waals surface area (Å²) in [6.45, 7) is 0.765. The van der Waals surface area contributed by atoms with Crippen molar-refractivity contribution in [1.82, 2.24) is 15.2 Å². The second kappa shape index (κ2) is 5.28. The zero-order valence-electron chi connectivity index (χ0n) is 10.9. The largest absolute Gasteiger partial charge is 0.342 e. The number of aromatic nitrogens is 3. The van der Waals surface area contributed by atoms with Crippen LogP contribution in [0.4, 0.5) is 11.5 Å². The Morgan fingerprint density at radius 2 is 2.25 bits per heavy atom. The summed E-state index contributed by atoms with van der Waals surface area (Å²) in [7, 11) is 0. The van der Waals surface area contributed by atoms with Gasteiger partial charge in [-0.25, -0.2) is 4.98 Å². The Morgan fingerprint density at radius 3 is 3.00 bits per heavy atom. The van der Waals surface area contributed by atoms with Crippen molar-refractivity contribution in [3.05, 3.63) is 46.4 Å². The van der Waals surface area contributed by atoms with Gasteiger partial charge in [-0.2, -0.15) is 5.10 Å². The van der Waals surface area contributed by atoms with Crippen LogP contribution in [0.15, 0.2) is 30.6 Å². The number of pyridine rings is 1. The fraction of sp³-hybridized carbons (Fsp3) is 0.385. The molecule has 0 aliphatic carbocycles. The second-order valence-electron chi connectivity index (χ2n) is 4.82. The van der Waals surface area contributed by atoms with Gasteiger partial charge < -0.3 is 4.90 Å².